The third-order valence-corrected chi connectivity index (χ3v) is 4.06. The summed E-state index contributed by atoms with van der Waals surface area (Å²) in [6.07, 6.45) is 2.35. The number of carbonyl (C=O) groups is 1. The number of hydrogen-bond donors (Lipinski definition) is 1. The van der Waals surface area contributed by atoms with Crippen LogP contribution in [0.25, 0.3) is 0 Å². The molecule has 0 atom stereocenters. The fourth-order valence-corrected chi connectivity index (χ4v) is 2.96. The summed E-state index contributed by atoms with van der Waals surface area (Å²) in [5.41, 5.74) is 11.1. The molecule has 2 aromatic rings. The molecule has 21 heavy (non-hydrogen) atoms. The molecule has 1 aliphatic heterocycles. The first-order valence-electron chi connectivity index (χ1n) is 7.37. The number of amides is 1. The summed E-state index contributed by atoms with van der Waals surface area (Å²) in [4.78, 5) is 13.5. The zero-order chi connectivity index (χ0) is 14.8. The van der Waals surface area contributed by atoms with E-state index in [0.29, 0.717) is 5.56 Å². The van der Waals surface area contributed by atoms with Crippen molar-refractivity contribution in [1.29, 1.82) is 0 Å². The second kappa shape index (κ2) is 5.60. The van der Waals surface area contributed by atoms with Crippen molar-refractivity contribution in [3.8, 4) is 0 Å². The Labute approximate surface area is 125 Å². The van der Waals surface area contributed by atoms with Crippen molar-refractivity contribution < 1.29 is 4.79 Å². The van der Waals surface area contributed by atoms with Crippen molar-refractivity contribution in [2.75, 3.05) is 11.4 Å². The van der Waals surface area contributed by atoms with Gasteiger partial charge in [-0.25, -0.2) is 0 Å². The lowest BCUT2D eigenvalue weighted by atomic mass is 9.99. The summed E-state index contributed by atoms with van der Waals surface area (Å²) in [6.45, 7) is 4.09. The minimum absolute atomic E-state index is 0.375. The molecule has 3 nitrogen and oxygen atoms in total. The summed E-state index contributed by atoms with van der Waals surface area (Å²) in [6, 6.07) is 14.3. The maximum Gasteiger partial charge on any atom is 0.248 e. The number of aryl methyl sites for hydroxylation is 2. The fourth-order valence-electron chi connectivity index (χ4n) is 2.96. The highest BCUT2D eigenvalue weighted by atomic mass is 16.1. The van der Waals surface area contributed by atoms with Gasteiger partial charge in [-0.3, -0.25) is 4.79 Å². The molecule has 2 N–H and O–H groups in total. The van der Waals surface area contributed by atoms with E-state index < -0.39 is 0 Å². The van der Waals surface area contributed by atoms with Gasteiger partial charge in [0.25, 0.3) is 0 Å². The molecule has 3 heteroatoms. The Kier molecular flexibility index (Phi) is 3.65. The number of anilines is 1. The van der Waals surface area contributed by atoms with Gasteiger partial charge in [0, 0.05) is 24.3 Å². The van der Waals surface area contributed by atoms with Crippen LogP contribution in [0.15, 0.2) is 42.5 Å². The first-order chi connectivity index (χ1) is 10.1. The lowest BCUT2D eigenvalue weighted by molar-refractivity contribution is 0.100. The highest BCUT2D eigenvalue weighted by Gasteiger charge is 2.16. The largest absolute Gasteiger partial charge is 0.367 e. The van der Waals surface area contributed by atoms with Gasteiger partial charge in [-0.2, -0.15) is 0 Å². The van der Waals surface area contributed by atoms with E-state index in [1.807, 2.05) is 12.1 Å². The monoisotopic (exact) mass is 280 g/mol. The van der Waals surface area contributed by atoms with E-state index in [1.165, 1.54) is 28.8 Å². The second-order valence-corrected chi connectivity index (χ2v) is 5.72. The van der Waals surface area contributed by atoms with Gasteiger partial charge in [0.15, 0.2) is 0 Å². The maximum atomic E-state index is 11.1. The van der Waals surface area contributed by atoms with Crippen molar-refractivity contribution in [3.05, 3.63) is 64.7 Å². The zero-order valence-corrected chi connectivity index (χ0v) is 12.3. The van der Waals surface area contributed by atoms with Crippen LogP contribution in [-0.4, -0.2) is 12.5 Å². The average molecular weight is 280 g/mol. The van der Waals surface area contributed by atoms with E-state index in [0.717, 1.165) is 19.5 Å². The number of nitrogens with two attached hydrogens (primary N) is 1. The summed E-state index contributed by atoms with van der Waals surface area (Å²) >= 11 is 0. The highest BCUT2D eigenvalue weighted by molar-refractivity contribution is 5.92. The summed E-state index contributed by atoms with van der Waals surface area (Å²) in [7, 11) is 0. The molecule has 0 saturated carbocycles. The molecule has 0 aromatic heterocycles. The van der Waals surface area contributed by atoms with Crippen LogP contribution in [0.5, 0.6) is 0 Å². The van der Waals surface area contributed by atoms with E-state index in [9.17, 15) is 4.79 Å². The van der Waals surface area contributed by atoms with Gasteiger partial charge in [0.2, 0.25) is 5.91 Å². The highest BCUT2D eigenvalue weighted by Crippen LogP contribution is 2.29. The number of rotatable bonds is 3. The zero-order valence-electron chi connectivity index (χ0n) is 12.3. The quantitative estimate of drug-likeness (QED) is 0.939. The van der Waals surface area contributed by atoms with Crippen molar-refractivity contribution in [2.24, 2.45) is 5.73 Å². The lowest BCUT2D eigenvalue weighted by Crippen LogP contribution is -2.28. The van der Waals surface area contributed by atoms with Gasteiger partial charge < -0.3 is 10.6 Å². The molecule has 0 radical (unpaired) electrons. The van der Waals surface area contributed by atoms with Gasteiger partial charge in [0.1, 0.15) is 0 Å². The Morgan fingerprint density at radius 3 is 2.67 bits per heavy atom. The van der Waals surface area contributed by atoms with Gasteiger partial charge in [-0.15, -0.1) is 0 Å². The average Bonchev–Trinajstić information content (AvgIpc) is 2.47. The SMILES string of the molecule is Cc1ccc2c(c1)CCCN2Cc1ccc(C(N)=O)cc1. The number of carbonyl (C=O) groups excluding carboxylic acids is 1. The smallest absolute Gasteiger partial charge is 0.248 e. The van der Waals surface area contributed by atoms with E-state index >= 15 is 0 Å². The number of hydrogen-bond acceptors (Lipinski definition) is 2. The molecule has 0 fully saturated rings. The molecule has 0 bridgehead atoms. The van der Waals surface area contributed by atoms with Crippen LogP contribution in [0.4, 0.5) is 5.69 Å². The standard InChI is InChI=1S/C18H20N2O/c1-13-4-9-17-16(11-13)3-2-10-20(17)12-14-5-7-15(8-6-14)18(19)21/h4-9,11H,2-3,10,12H2,1H3,(H2,19,21). The minimum Gasteiger partial charge on any atom is -0.367 e. The van der Waals surface area contributed by atoms with E-state index in [-0.39, 0.29) is 5.91 Å². The van der Waals surface area contributed by atoms with Gasteiger partial charge in [0.05, 0.1) is 0 Å². The number of primary amides is 1. The van der Waals surface area contributed by atoms with Crippen LogP contribution in [0.3, 0.4) is 0 Å². The normalized spacial score (nSPS) is 13.9. The fraction of sp³-hybridized carbons (Fsp3) is 0.278. The van der Waals surface area contributed by atoms with Crippen LogP contribution in [0, 0.1) is 6.92 Å². The van der Waals surface area contributed by atoms with Crippen molar-refractivity contribution >= 4 is 11.6 Å². The molecule has 0 spiro atoms. The van der Waals surface area contributed by atoms with E-state index in [1.54, 1.807) is 12.1 Å². The van der Waals surface area contributed by atoms with Gasteiger partial charge in [-0.1, -0.05) is 29.8 Å². The minimum atomic E-state index is -0.375. The van der Waals surface area contributed by atoms with Crippen LogP contribution in [-0.2, 0) is 13.0 Å². The lowest BCUT2D eigenvalue weighted by Gasteiger charge is -2.31. The van der Waals surface area contributed by atoms with Gasteiger partial charge in [-0.05, 0) is 49.1 Å². The van der Waals surface area contributed by atoms with Crippen molar-refractivity contribution in [2.45, 2.75) is 26.3 Å². The van der Waals surface area contributed by atoms with E-state index in [4.69, 9.17) is 5.73 Å². The molecule has 0 saturated heterocycles. The second-order valence-electron chi connectivity index (χ2n) is 5.72. The maximum absolute atomic E-state index is 11.1. The first-order valence-corrected chi connectivity index (χ1v) is 7.37. The van der Waals surface area contributed by atoms with Crippen LogP contribution in [0.2, 0.25) is 0 Å². The Balaban J connectivity index is 1.81. The number of benzene rings is 2. The predicted molar refractivity (Wildman–Crippen MR) is 85.5 cm³/mol. The first kappa shape index (κ1) is 13.7. The third kappa shape index (κ3) is 2.92. The molecular formula is C18H20N2O. The van der Waals surface area contributed by atoms with Crippen LogP contribution >= 0.6 is 0 Å². The molecule has 0 aliphatic carbocycles. The number of nitrogens with zero attached hydrogens (tertiary/aromatic N) is 1. The third-order valence-electron chi connectivity index (χ3n) is 4.06. The van der Waals surface area contributed by atoms with E-state index in [2.05, 4.69) is 30.0 Å². The molecule has 1 aliphatic rings. The topological polar surface area (TPSA) is 46.3 Å². The molecule has 1 heterocycles. The Morgan fingerprint density at radius 1 is 1.19 bits per heavy atom. The summed E-state index contributed by atoms with van der Waals surface area (Å²) in [5.74, 6) is -0.375. The van der Waals surface area contributed by atoms with Gasteiger partial charge >= 0.3 is 0 Å². The molecule has 3 rings (SSSR count). The molecule has 108 valence electrons. The number of fused-ring (bicyclic) bond motifs is 1. The van der Waals surface area contributed by atoms with Crippen molar-refractivity contribution in [3.63, 3.8) is 0 Å². The van der Waals surface area contributed by atoms with Crippen LogP contribution < -0.4 is 10.6 Å². The predicted octanol–water partition coefficient (Wildman–Crippen LogP) is 3.05. The van der Waals surface area contributed by atoms with Crippen LogP contribution in [0.1, 0.15) is 33.5 Å². The molecule has 2 aromatic carbocycles. The molecule has 1 amide bonds. The van der Waals surface area contributed by atoms with Crippen molar-refractivity contribution in [1.82, 2.24) is 0 Å². The Morgan fingerprint density at radius 2 is 1.95 bits per heavy atom. The summed E-state index contributed by atoms with van der Waals surface area (Å²) in [5, 5.41) is 0. The molecular weight excluding hydrogens is 260 g/mol. The molecule has 0 unspecified atom stereocenters. The Hall–Kier alpha value is -2.29. The summed E-state index contributed by atoms with van der Waals surface area (Å²) < 4.78 is 0. The Bertz CT molecular complexity index is 661.